The van der Waals surface area contributed by atoms with Crippen molar-refractivity contribution in [2.45, 2.75) is 45.2 Å². The molecule has 0 bridgehead atoms. The lowest BCUT2D eigenvalue weighted by Gasteiger charge is -2.29. The van der Waals surface area contributed by atoms with Crippen LogP contribution in [-0.4, -0.2) is 15.8 Å². The highest BCUT2D eigenvalue weighted by atomic mass is 15.3. The Morgan fingerprint density at radius 1 is 1.20 bits per heavy atom. The van der Waals surface area contributed by atoms with E-state index in [0.717, 1.165) is 18.2 Å². The fourth-order valence-electron chi connectivity index (χ4n) is 3.06. The zero-order valence-electron chi connectivity index (χ0n) is 12.1. The third-order valence-corrected chi connectivity index (χ3v) is 4.39. The van der Waals surface area contributed by atoms with E-state index in [-0.39, 0.29) is 0 Å². The van der Waals surface area contributed by atoms with E-state index in [4.69, 9.17) is 0 Å². The van der Waals surface area contributed by atoms with E-state index < -0.39 is 0 Å². The van der Waals surface area contributed by atoms with Gasteiger partial charge in [0.2, 0.25) is 0 Å². The van der Waals surface area contributed by atoms with Gasteiger partial charge in [0.1, 0.15) is 0 Å². The lowest BCUT2D eigenvalue weighted by atomic mass is 9.86. The Balaban J connectivity index is 1.58. The van der Waals surface area contributed by atoms with Crippen LogP contribution in [0.1, 0.15) is 38.2 Å². The first-order valence-corrected chi connectivity index (χ1v) is 7.65. The van der Waals surface area contributed by atoms with Crippen molar-refractivity contribution in [3.8, 4) is 5.69 Å². The number of nitrogens with zero attached hydrogens (tertiary/aromatic N) is 2. The predicted molar refractivity (Wildman–Crippen MR) is 81.8 cm³/mol. The second-order valence-electron chi connectivity index (χ2n) is 5.87. The van der Waals surface area contributed by atoms with Crippen molar-refractivity contribution in [1.29, 1.82) is 0 Å². The topological polar surface area (TPSA) is 29.9 Å². The van der Waals surface area contributed by atoms with Gasteiger partial charge in [0.05, 0.1) is 5.69 Å². The number of benzene rings is 1. The van der Waals surface area contributed by atoms with Gasteiger partial charge >= 0.3 is 0 Å². The summed E-state index contributed by atoms with van der Waals surface area (Å²) in [6.45, 7) is 3.34. The molecule has 20 heavy (non-hydrogen) atoms. The predicted octanol–water partition coefficient (Wildman–Crippen LogP) is 3.54. The molecular formula is C17H23N3. The first-order valence-electron chi connectivity index (χ1n) is 7.65. The molecule has 0 aliphatic heterocycles. The molecule has 0 amide bonds. The molecule has 3 nitrogen and oxygen atoms in total. The number of nitrogens with one attached hydrogen (secondary N) is 1. The maximum atomic E-state index is 4.25. The highest BCUT2D eigenvalue weighted by molar-refractivity contribution is 5.33. The molecule has 1 heterocycles. The second-order valence-corrected chi connectivity index (χ2v) is 5.87. The van der Waals surface area contributed by atoms with Crippen LogP contribution < -0.4 is 5.32 Å². The summed E-state index contributed by atoms with van der Waals surface area (Å²) >= 11 is 0. The Bertz CT molecular complexity index is 516. The van der Waals surface area contributed by atoms with Crippen molar-refractivity contribution < 1.29 is 0 Å². The van der Waals surface area contributed by atoms with Gasteiger partial charge in [-0.1, -0.05) is 31.9 Å². The van der Waals surface area contributed by atoms with Crippen molar-refractivity contribution >= 4 is 0 Å². The van der Waals surface area contributed by atoms with Crippen LogP contribution in [0.5, 0.6) is 0 Å². The van der Waals surface area contributed by atoms with Crippen LogP contribution >= 0.6 is 0 Å². The Hall–Kier alpha value is -1.61. The maximum Gasteiger partial charge on any atom is 0.0645 e. The highest BCUT2D eigenvalue weighted by Crippen LogP contribution is 2.24. The number of hydrogen-bond donors (Lipinski definition) is 1. The minimum Gasteiger partial charge on any atom is -0.310 e. The van der Waals surface area contributed by atoms with Gasteiger partial charge in [-0.15, -0.1) is 0 Å². The van der Waals surface area contributed by atoms with E-state index in [1.165, 1.54) is 31.2 Å². The van der Waals surface area contributed by atoms with Crippen LogP contribution in [0.4, 0.5) is 0 Å². The molecule has 2 atom stereocenters. The average Bonchev–Trinajstić information content (AvgIpc) is 3.01. The van der Waals surface area contributed by atoms with Crippen molar-refractivity contribution in [3.05, 3.63) is 48.3 Å². The molecule has 1 saturated carbocycles. The molecule has 106 valence electrons. The summed E-state index contributed by atoms with van der Waals surface area (Å²) in [5.74, 6) is 0.812. The summed E-state index contributed by atoms with van der Waals surface area (Å²) in [6.07, 6.45) is 9.25. The molecule has 1 aromatic carbocycles. The fraction of sp³-hybridized carbons (Fsp3) is 0.471. The molecule has 1 aromatic heterocycles. The first kappa shape index (κ1) is 13.4. The largest absolute Gasteiger partial charge is 0.310 e. The van der Waals surface area contributed by atoms with Gasteiger partial charge in [-0.3, -0.25) is 0 Å². The smallest absolute Gasteiger partial charge is 0.0645 e. The van der Waals surface area contributed by atoms with Crippen molar-refractivity contribution in [1.82, 2.24) is 15.1 Å². The van der Waals surface area contributed by atoms with E-state index in [1.54, 1.807) is 6.20 Å². The van der Waals surface area contributed by atoms with Crippen LogP contribution in [0.2, 0.25) is 0 Å². The lowest BCUT2D eigenvalue weighted by molar-refractivity contribution is 0.279. The van der Waals surface area contributed by atoms with Crippen molar-refractivity contribution in [3.63, 3.8) is 0 Å². The Kier molecular flexibility index (Phi) is 4.16. The van der Waals surface area contributed by atoms with Gasteiger partial charge in [0, 0.05) is 25.0 Å². The maximum absolute atomic E-state index is 4.25. The molecule has 2 aromatic rings. The molecule has 3 rings (SSSR count). The molecule has 1 aliphatic carbocycles. The van der Waals surface area contributed by atoms with Crippen LogP contribution in [0.15, 0.2) is 42.7 Å². The third kappa shape index (κ3) is 3.10. The molecule has 0 spiro atoms. The number of aromatic nitrogens is 2. The van der Waals surface area contributed by atoms with Gasteiger partial charge in [-0.2, -0.15) is 5.10 Å². The zero-order chi connectivity index (χ0) is 13.8. The van der Waals surface area contributed by atoms with E-state index in [0.29, 0.717) is 6.04 Å². The van der Waals surface area contributed by atoms with E-state index >= 15 is 0 Å². The highest BCUT2D eigenvalue weighted by Gasteiger charge is 2.20. The second kappa shape index (κ2) is 6.23. The van der Waals surface area contributed by atoms with Gasteiger partial charge in [0.25, 0.3) is 0 Å². The zero-order valence-corrected chi connectivity index (χ0v) is 12.1. The Morgan fingerprint density at radius 2 is 2.00 bits per heavy atom. The quantitative estimate of drug-likeness (QED) is 0.920. The minimum absolute atomic E-state index is 0.689. The Labute approximate surface area is 121 Å². The van der Waals surface area contributed by atoms with E-state index in [9.17, 15) is 0 Å². The number of rotatable bonds is 4. The molecule has 2 unspecified atom stereocenters. The minimum atomic E-state index is 0.689. The SMILES string of the molecule is CC1CCCCC1NCc1ccc(-n2cccn2)cc1. The number of hydrogen-bond acceptors (Lipinski definition) is 2. The molecule has 0 saturated heterocycles. The Morgan fingerprint density at radius 3 is 2.70 bits per heavy atom. The van der Waals surface area contributed by atoms with Gasteiger partial charge in [0.15, 0.2) is 0 Å². The van der Waals surface area contributed by atoms with Crippen LogP contribution in [0, 0.1) is 5.92 Å². The summed E-state index contributed by atoms with van der Waals surface area (Å²) in [7, 11) is 0. The molecular weight excluding hydrogens is 246 g/mol. The molecule has 0 radical (unpaired) electrons. The monoisotopic (exact) mass is 269 g/mol. The molecule has 1 fully saturated rings. The van der Waals surface area contributed by atoms with Crippen LogP contribution in [-0.2, 0) is 6.54 Å². The van der Waals surface area contributed by atoms with Gasteiger partial charge < -0.3 is 5.32 Å². The van der Waals surface area contributed by atoms with Crippen LogP contribution in [0.3, 0.4) is 0 Å². The van der Waals surface area contributed by atoms with E-state index in [2.05, 4.69) is 41.6 Å². The normalized spacial score (nSPS) is 22.9. The standard InChI is InChI=1S/C17H23N3/c1-14-5-2-3-6-17(14)18-13-15-7-9-16(10-8-15)20-12-4-11-19-20/h4,7-12,14,17-18H,2-3,5-6,13H2,1H3. The summed E-state index contributed by atoms with van der Waals surface area (Å²) in [5.41, 5.74) is 2.46. The van der Waals surface area contributed by atoms with Gasteiger partial charge in [-0.25, -0.2) is 4.68 Å². The lowest BCUT2D eigenvalue weighted by Crippen LogP contribution is -2.36. The fourth-order valence-corrected chi connectivity index (χ4v) is 3.06. The van der Waals surface area contributed by atoms with Crippen molar-refractivity contribution in [2.24, 2.45) is 5.92 Å². The molecule has 1 N–H and O–H groups in total. The summed E-state index contributed by atoms with van der Waals surface area (Å²) < 4.78 is 1.89. The van der Waals surface area contributed by atoms with Crippen molar-refractivity contribution in [2.75, 3.05) is 0 Å². The summed E-state index contributed by atoms with van der Waals surface area (Å²) in [5, 5.41) is 7.97. The summed E-state index contributed by atoms with van der Waals surface area (Å²) in [4.78, 5) is 0. The molecule has 1 aliphatic rings. The van der Waals surface area contributed by atoms with Gasteiger partial charge in [-0.05, 0) is 42.5 Å². The van der Waals surface area contributed by atoms with E-state index in [1.807, 2.05) is 16.9 Å². The third-order valence-electron chi connectivity index (χ3n) is 4.39. The average molecular weight is 269 g/mol. The molecule has 3 heteroatoms. The first-order chi connectivity index (χ1) is 9.83. The van der Waals surface area contributed by atoms with Crippen LogP contribution in [0.25, 0.3) is 5.69 Å². The summed E-state index contributed by atoms with van der Waals surface area (Å²) in [6, 6.07) is 11.3.